The Morgan fingerprint density at radius 3 is 2.65 bits per heavy atom. The second-order valence-electron chi connectivity index (χ2n) is 6.74. The number of aliphatic hydroxyl groups excluding tert-OH is 1. The third-order valence-electron chi connectivity index (χ3n) is 4.48. The highest BCUT2D eigenvalue weighted by atomic mass is 16.7. The van der Waals surface area contributed by atoms with E-state index in [9.17, 15) is 9.90 Å². The molecule has 0 saturated carbocycles. The fourth-order valence-corrected chi connectivity index (χ4v) is 3.00. The lowest BCUT2D eigenvalue weighted by atomic mass is 10.1. The van der Waals surface area contributed by atoms with Crippen LogP contribution in [-0.2, 0) is 17.8 Å². The SMILES string of the molecule is C[C@@H](CO)CN(Cc1ccccc1)C(=O)CCc1ccc2c(c1)OCO2. The Hall–Kier alpha value is -2.53. The molecule has 26 heavy (non-hydrogen) atoms. The van der Waals surface area contributed by atoms with Gasteiger partial charge >= 0.3 is 0 Å². The summed E-state index contributed by atoms with van der Waals surface area (Å²) >= 11 is 0. The average molecular weight is 355 g/mol. The molecule has 0 fully saturated rings. The zero-order chi connectivity index (χ0) is 18.4. The molecular formula is C21H25NO4. The molecule has 1 amide bonds. The van der Waals surface area contributed by atoms with E-state index in [-0.39, 0.29) is 25.2 Å². The summed E-state index contributed by atoms with van der Waals surface area (Å²) in [5.41, 5.74) is 2.14. The van der Waals surface area contributed by atoms with Crippen molar-refractivity contribution in [3.8, 4) is 11.5 Å². The molecule has 0 radical (unpaired) electrons. The highest BCUT2D eigenvalue weighted by molar-refractivity contribution is 5.76. The summed E-state index contributed by atoms with van der Waals surface area (Å²) in [6, 6.07) is 15.7. The van der Waals surface area contributed by atoms with Crippen LogP contribution in [-0.4, -0.2) is 35.9 Å². The van der Waals surface area contributed by atoms with Crippen molar-refractivity contribution < 1.29 is 19.4 Å². The second-order valence-corrected chi connectivity index (χ2v) is 6.74. The lowest BCUT2D eigenvalue weighted by molar-refractivity contribution is -0.132. The van der Waals surface area contributed by atoms with Crippen molar-refractivity contribution in [3.05, 3.63) is 59.7 Å². The molecule has 0 saturated heterocycles. The number of ether oxygens (including phenoxy) is 2. The Morgan fingerprint density at radius 2 is 1.88 bits per heavy atom. The molecule has 2 aromatic rings. The first-order chi connectivity index (χ1) is 12.7. The molecule has 5 nitrogen and oxygen atoms in total. The molecule has 5 heteroatoms. The Balaban J connectivity index is 1.62. The summed E-state index contributed by atoms with van der Waals surface area (Å²) in [7, 11) is 0. The summed E-state index contributed by atoms with van der Waals surface area (Å²) < 4.78 is 10.7. The topological polar surface area (TPSA) is 59.0 Å². The Labute approximate surface area is 154 Å². The minimum absolute atomic E-state index is 0.0493. The zero-order valence-corrected chi connectivity index (χ0v) is 15.1. The Morgan fingerprint density at radius 1 is 1.12 bits per heavy atom. The smallest absolute Gasteiger partial charge is 0.231 e. The van der Waals surface area contributed by atoms with Gasteiger partial charge in [-0.3, -0.25) is 4.79 Å². The molecule has 3 rings (SSSR count). The van der Waals surface area contributed by atoms with E-state index in [2.05, 4.69) is 0 Å². The van der Waals surface area contributed by atoms with Gasteiger partial charge in [-0.2, -0.15) is 0 Å². The number of carbonyl (C=O) groups is 1. The van der Waals surface area contributed by atoms with Crippen LogP contribution < -0.4 is 9.47 Å². The number of rotatable bonds is 8. The predicted octanol–water partition coefficient (Wildman–Crippen LogP) is 3.01. The van der Waals surface area contributed by atoms with Crippen LogP contribution in [0, 0.1) is 5.92 Å². The summed E-state index contributed by atoms with van der Waals surface area (Å²) in [5, 5.41) is 9.37. The summed E-state index contributed by atoms with van der Waals surface area (Å²) in [4.78, 5) is 14.6. The van der Waals surface area contributed by atoms with Crippen LogP contribution >= 0.6 is 0 Å². The van der Waals surface area contributed by atoms with Crippen LogP contribution in [0.1, 0.15) is 24.5 Å². The van der Waals surface area contributed by atoms with Gasteiger partial charge in [0.2, 0.25) is 12.7 Å². The van der Waals surface area contributed by atoms with E-state index in [0.29, 0.717) is 25.9 Å². The van der Waals surface area contributed by atoms with Crippen LogP contribution in [0.25, 0.3) is 0 Å². The summed E-state index contributed by atoms with van der Waals surface area (Å²) in [5.74, 6) is 1.63. The molecule has 0 bridgehead atoms. The molecule has 1 atom stereocenters. The number of benzene rings is 2. The van der Waals surface area contributed by atoms with Crippen molar-refractivity contribution in [3.63, 3.8) is 0 Å². The van der Waals surface area contributed by atoms with Crippen molar-refractivity contribution >= 4 is 5.91 Å². The highest BCUT2D eigenvalue weighted by Gasteiger charge is 2.18. The number of aliphatic hydroxyl groups is 1. The maximum Gasteiger partial charge on any atom is 0.231 e. The number of nitrogens with zero attached hydrogens (tertiary/aromatic N) is 1. The number of fused-ring (bicyclic) bond motifs is 1. The van der Waals surface area contributed by atoms with Gasteiger partial charge in [-0.15, -0.1) is 0 Å². The fraction of sp³-hybridized carbons (Fsp3) is 0.381. The van der Waals surface area contributed by atoms with E-state index in [1.54, 1.807) is 0 Å². The monoisotopic (exact) mass is 355 g/mol. The van der Waals surface area contributed by atoms with Gasteiger partial charge in [0.15, 0.2) is 11.5 Å². The zero-order valence-electron chi connectivity index (χ0n) is 15.1. The molecule has 0 aromatic heterocycles. The fourth-order valence-electron chi connectivity index (χ4n) is 3.00. The molecule has 1 N–H and O–H groups in total. The van der Waals surface area contributed by atoms with Crippen molar-refractivity contribution in [1.29, 1.82) is 0 Å². The normalized spacial score (nSPS) is 13.5. The number of amides is 1. The molecule has 1 aliphatic rings. The number of hydrogen-bond acceptors (Lipinski definition) is 4. The highest BCUT2D eigenvalue weighted by Crippen LogP contribution is 2.32. The number of carbonyl (C=O) groups excluding carboxylic acids is 1. The molecule has 138 valence electrons. The molecular weight excluding hydrogens is 330 g/mol. The van der Waals surface area contributed by atoms with Crippen LogP contribution in [0.4, 0.5) is 0 Å². The van der Waals surface area contributed by atoms with Crippen LogP contribution in [0.5, 0.6) is 11.5 Å². The van der Waals surface area contributed by atoms with Crippen LogP contribution in [0.3, 0.4) is 0 Å². The molecule has 0 aliphatic carbocycles. The third-order valence-corrected chi connectivity index (χ3v) is 4.48. The first kappa shape index (κ1) is 18.3. The lowest BCUT2D eigenvalue weighted by Crippen LogP contribution is -2.35. The van der Waals surface area contributed by atoms with Gasteiger partial charge in [-0.25, -0.2) is 0 Å². The standard InChI is InChI=1S/C21H25NO4/c1-16(14-23)12-22(13-18-5-3-2-4-6-18)21(24)10-8-17-7-9-19-20(11-17)26-15-25-19/h2-7,9,11,16,23H,8,10,12-15H2,1H3/t16-/m1/s1. The largest absolute Gasteiger partial charge is 0.454 e. The van der Waals surface area contributed by atoms with E-state index in [1.165, 1.54) is 0 Å². The third kappa shape index (κ3) is 4.76. The molecule has 1 aliphatic heterocycles. The molecule has 1 heterocycles. The van der Waals surface area contributed by atoms with E-state index in [1.807, 2.05) is 60.4 Å². The van der Waals surface area contributed by atoms with E-state index >= 15 is 0 Å². The van der Waals surface area contributed by atoms with Gasteiger partial charge in [0.25, 0.3) is 0 Å². The van der Waals surface area contributed by atoms with Crippen molar-refractivity contribution in [2.24, 2.45) is 5.92 Å². The first-order valence-corrected chi connectivity index (χ1v) is 8.97. The molecule has 2 aromatic carbocycles. The van der Waals surface area contributed by atoms with Gasteiger partial charge in [-0.05, 0) is 35.6 Å². The van der Waals surface area contributed by atoms with Gasteiger partial charge < -0.3 is 19.5 Å². The predicted molar refractivity (Wildman–Crippen MR) is 99.0 cm³/mol. The van der Waals surface area contributed by atoms with E-state index < -0.39 is 0 Å². The summed E-state index contributed by atoms with van der Waals surface area (Å²) in [6.45, 7) is 3.38. The Kier molecular flexibility index (Phi) is 6.12. The number of hydrogen-bond donors (Lipinski definition) is 1. The maximum atomic E-state index is 12.8. The van der Waals surface area contributed by atoms with E-state index in [4.69, 9.17) is 9.47 Å². The second kappa shape index (κ2) is 8.72. The van der Waals surface area contributed by atoms with Gasteiger partial charge in [-0.1, -0.05) is 43.3 Å². The van der Waals surface area contributed by atoms with Gasteiger partial charge in [0, 0.05) is 26.1 Å². The minimum Gasteiger partial charge on any atom is -0.454 e. The van der Waals surface area contributed by atoms with E-state index in [0.717, 1.165) is 22.6 Å². The van der Waals surface area contributed by atoms with Crippen molar-refractivity contribution in [2.75, 3.05) is 19.9 Å². The van der Waals surface area contributed by atoms with Gasteiger partial charge in [0.05, 0.1) is 0 Å². The van der Waals surface area contributed by atoms with Crippen molar-refractivity contribution in [2.45, 2.75) is 26.3 Å². The average Bonchev–Trinajstić information content (AvgIpc) is 3.14. The van der Waals surface area contributed by atoms with Gasteiger partial charge in [0.1, 0.15) is 0 Å². The minimum atomic E-state index is 0.0493. The Bertz CT molecular complexity index is 732. The van der Waals surface area contributed by atoms with Crippen molar-refractivity contribution in [1.82, 2.24) is 4.90 Å². The maximum absolute atomic E-state index is 12.8. The van der Waals surface area contributed by atoms with Crippen LogP contribution in [0.2, 0.25) is 0 Å². The number of aryl methyl sites for hydroxylation is 1. The first-order valence-electron chi connectivity index (χ1n) is 8.97. The van der Waals surface area contributed by atoms with Crippen LogP contribution in [0.15, 0.2) is 48.5 Å². The molecule has 0 unspecified atom stereocenters. The molecule has 0 spiro atoms. The quantitative estimate of drug-likeness (QED) is 0.791. The lowest BCUT2D eigenvalue weighted by Gasteiger charge is -2.25. The summed E-state index contributed by atoms with van der Waals surface area (Å²) in [6.07, 6.45) is 1.07.